The molecule has 0 rings (SSSR count). The van der Waals surface area contributed by atoms with Crippen molar-refractivity contribution in [2.45, 2.75) is 27.2 Å². The van der Waals surface area contributed by atoms with Gasteiger partial charge in [-0.1, -0.05) is 65.4 Å². The van der Waals surface area contributed by atoms with Crippen LogP contribution in [0.15, 0.2) is 47.0 Å². The van der Waals surface area contributed by atoms with Gasteiger partial charge >= 0.3 is 0 Å². The fourth-order valence-corrected chi connectivity index (χ4v) is 0.740. The van der Waals surface area contributed by atoms with E-state index in [4.69, 9.17) is 5.11 Å². The topological polar surface area (TPSA) is 20.2 Å². The highest BCUT2D eigenvalue weighted by atomic mass is 79.9. The fourth-order valence-electron chi connectivity index (χ4n) is 0.740. The van der Waals surface area contributed by atoms with Crippen LogP contribution in [0.2, 0.25) is 0 Å². The summed E-state index contributed by atoms with van der Waals surface area (Å²) in [6.45, 7) is 9.70. The summed E-state index contributed by atoms with van der Waals surface area (Å²) in [5.41, 5.74) is 1.27. The van der Waals surface area contributed by atoms with Crippen LogP contribution in [0.5, 0.6) is 0 Å². The molecule has 0 atom stereocenters. The van der Waals surface area contributed by atoms with E-state index in [1.54, 1.807) is 12.2 Å². The first-order valence-electron chi connectivity index (χ1n) is 5.03. The lowest BCUT2D eigenvalue weighted by atomic mass is 10.2. The lowest BCUT2D eigenvalue weighted by molar-refractivity contribution is 0.342. The van der Waals surface area contributed by atoms with Gasteiger partial charge in [0.1, 0.15) is 0 Å². The predicted octanol–water partition coefficient (Wildman–Crippen LogP) is 4.36. The standard InChI is InChI=1S/C8H14O.C5H7Br/c1-3-8(4-2)6-5-7-9;1-3-5(6)4-2/h3,5-6,9H,4,7H2,1-2H3;3-4H,1H2,2H3/b6-5-,8-3-;5-4+. The number of hydrogen-bond donors (Lipinski definition) is 1. The van der Waals surface area contributed by atoms with Crippen LogP contribution < -0.4 is 0 Å². The minimum Gasteiger partial charge on any atom is -0.392 e. The van der Waals surface area contributed by atoms with Crippen molar-refractivity contribution in [3.63, 3.8) is 0 Å². The van der Waals surface area contributed by atoms with E-state index >= 15 is 0 Å². The molecule has 0 unspecified atom stereocenters. The van der Waals surface area contributed by atoms with Crippen LogP contribution >= 0.6 is 15.9 Å². The van der Waals surface area contributed by atoms with Crippen LogP contribution in [0.3, 0.4) is 0 Å². The van der Waals surface area contributed by atoms with Crippen molar-refractivity contribution in [3.8, 4) is 0 Å². The zero-order valence-electron chi connectivity index (χ0n) is 9.83. The molecule has 0 fully saturated rings. The molecule has 86 valence electrons. The molecule has 2 heteroatoms. The third-order valence-corrected chi connectivity index (χ3v) is 2.47. The number of rotatable bonds is 4. The van der Waals surface area contributed by atoms with Crippen molar-refractivity contribution in [2.75, 3.05) is 6.61 Å². The number of hydrogen-bond acceptors (Lipinski definition) is 1. The lowest BCUT2D eigenvalue weighted by Crippen LogP contribution is -1.75. The van der Waals surface area contributed by atoms with Crippen LogP contribution in [0.1, 0.15) is 27.2 Å². The summed E-state index contributed by atoms with van der Waals surface area (Å²) in [5.74, 6) is 0. The largest absolute Gasteiger partial charge is 0.392 e. The van der Waals surface area contributed by atoms with Crippen molar-refractivity contribution in [1.29, 1.82) is 0 Å². The minimum atomic E-state index is 0.136. The summed E-state index contributed by atoms with van der Waals surface area (Å²) in [6, 6.07) is 0. The molecule has 0 aliphatic rings. The summed E-state index contributed by atoms with van der Waals surface area (Å²) < 4.78 is 1.04. The summed E-state index contributed by atoms with van der Waals surface area (Å²) in [7, 11) is 0. The molecule has 0 radical (unpaired) electrons. The second-order valence-corrected chi connectivity index (χ2v) is 3.60. The lowest BCUT2D eigenvalue weighted by Gasteiger charge is -1.91. The molecule has 1 nitrogen and oxygen atoms in total. The van der Waals surface area contributed by atoms with E-state index in [0.717, 1.165) is 10.9 Å². The van der Waals surface area contributed by atoms with Crippen LogP contribution in [-0.4, -0.2) is 11.7 Å². The van der Waals surface area contributed by atoms with Crippen molar-refractivity contribution in [1.82, 2.24) is 0 Å². The zero-order valence-corrected chi connectivity index (χ0v) is 11.4. The zero-order chi connectivity index (χ0) is 12.1. The molecule has 0 aliphatic heterocycles. The van der Waals surface area contributed by atoms with E-state index in [0.29, 0.717) is 0 Å². The second-order valence-electron chi connectivity index (χ2n) is 2.68. The van der Waals surface area contributed by atoms with Crippen molar-refractivity contribution < 1.29 is 5.11 Å². The van der Waals surface area contributed by atoms with Crippen LogP contribution in [0, 0.1) is 0 Å². The number of aliphatic hydroxyl groups excluding tert-OH is 1. The first-order valence-corrected chi connectivity index (χ1v) is 5.82. The molecule has 0 aromatic heterocycles. The van der Waals surface area contributed by atoms with Gasteiger partial charge in [0.05, 0.1) is 6.61 Å². The Morgan fingerprint density at radius 3 is 2.13 bits per heavy atom. The van der Waals surface area contributed by atoms with Gasteiger partial charge in [-0.05, 0) is 20.3 Å². The molecule has 0 saturated carbocycles. The molecule has 0 aromatic carbocycles. The Labute approximate surface area is 102 Å². The SMILES string of the molecule is C/C=C(\C=C/CO)CC.C=C/C(Br)=C\C. The summed E-state index contributed by atoms with van der Waals surface area (Å²) in [5, 5.41) is 8.39. The molecule has 0 bridgehead atoms. The third kappa shape index (κ3) is 13.4. The maximum Gasteiger partial charge on any atom is 0.0615 e. The average molecular weight is 273 g/mol. The highest BCUT2D eigenvalue weighted by Crippen LogP contribution is 2.02. The van der Waals surface area contributed by atoms with Crippen molar-refractivity contribution in [2.24, 2.45) is 0 Å². The Hall–Kier alpha value is -0.600. The van der Waals surface area contributed by atoms with E-state index < -0.39 is 0 Å². The Kier molecular flexibility index (Phi) is 15.0. The number of aliphatic hydroxyl groups is 1. The predicted molar refractivity (Wildman–Crippen MR) is 73.2 cm³/mol. The van der Waals surface area contributed by atoms with E-state index in [1.165, 1.54) is 5.57 Å². The molecular weight excluding hydrogens is 252 g/mol. The second kappa shape index (κ2) is 13.4. The third-order valence-electron chi connectivity index (χ3n) is 1.69. The van der Waals surface area contributed by atoms with Gasteiger partial charge in [0.2, 0.25) is 0 Å². The first kappa shape index (κ1) is 16.8. The Balaban J connectivity index is 0. The van der Waals surface area contributed by atoms with Gasteiger partial charge in [-0.3, -0.25) is 0 Å². The Morgan fingerprint density at radius 1 is 1.33 bits per heavy atom. The van der Waals surface area contributed by atoms with Gasteiger partial charge in [0.15, 0.2) is 0 Å². The van der Waals surface area contributed by atoms with Crippen molar-refractivity contribution >= 4 is 15.9 Å². The van der Waals surface area contributed by atoms with Gasteiger partial charge in [0, 0.05) is 4.48 Å². The Morgan fingerprint density at radius 2 is 1.93 bits per heavy atom. The van der Waals surface area contributed by atoms with E-state index in [9.17, 15) is 0 Å². The van der Waals surface area contributed by atoms with Gasteiger partial charge < -0.3 is 5.11 Å². The maximum absolute atomic E-state index is 8.39. The quantitative estimate of drug-likeness (QED) is 0.754. The molecule has 0 heterocycles. The molecule has 0 aromatic rings. The van der Waals surface area contributed by atoms with Gasteiger partial charge in [-0.15, -0.1) is 0 Å². The first-order chi connectivity index (χ1) is 7.15. The highest BCUT2D eigenvalue weighted by molar-refractivity contribution is 9.11. The summed E-state index contributed by atoms with van der Waals surface area (Å²) in [4.78, 5) is 0. The van der Waals surface area contributed by atoms with Gasteiger partial charge in [0.25, 0.3) is 0 Å². The van der Waals surface area contributed by atoms with E-state index in [-0.39, 0.29) is 6.61 Å². The fraction of sp³-hybridized carbons (Fsp3) is 0.385. The summed E-state index contributed by atoms with van der Waals surface area (Å²) in [6.07, 6.45) is 10.5. The average Bonchev–Trinajstić information content (AvgIpc) is 2.30. The van der Waals surface area contributed by atoms with Crippen LogP contribution in [-0.2, 0) is 0 Å². The molecule has 0 aliphatic carbocycles. The molecule has 0 spiro atoms. The molecule has 0 saturated heterocycles. The molecular formula is C13H21BrO. The molecule has 15 heavy (non-hydrogen) atoms. The Bertz CT molecular complexity index is 237. The van der Waals surface area contributed by atoms with Gasteiger partial charge in [-0.2, -0.15) is 0 Å². The number of halogens is 1. The van der Waals surface area contributed by atoms with E-state index in [2.05, 4.69) is 29.4 Å². The molecule has 1 N–H and O–H groups in total. The monoisotopic (exact) mass is 272 g/mol. The van der Waals surface area contributed by atoms with Gasteiger partial charge in [-0.25, -0.2) is 0 Å². The molecule has 0 amide bonds. The minimum absolute atomic E-state index is 0.136. The van der Waals surface area contributed by atoms with Crippen LogP contribution in [0.25, 0.3) is 0 Å². The number of allylic oxidation sites excluding steroid dienone is 6. The summed E-state index contributed by atoms with van der Waals surface area (Å²) >= 11 is 3.22. The van der Waals surface area contributed by atoms with Crippen molar-refractivity contribution in [3.05, 3.63) is 47.0 Å². The highest BCUT2D eigenvalue weighted by Gasteiger charge is 1.81. The normalized spacial score (nSPS) is 12.3. The maximum atomic E-state index is 8.39. The smallest absolute Gasteiger partial charge is 0.0615 e. The van der Waals surface area contributed by atoms with Crippen LogP contribution in [0.4, 0.5) is 0 Å². The van der Waals surface area contributed by atoms with E-state index in [1.807, 2.05) is 32.1 Å².